The number of Topliss-reactive ketones (excluding diaryl/α,β-unsaturated/α-hetero) is 2. The van der Waals surface area contributed by atoms with Gasteiger partial charge in [0.25, 0.3) is 0 Å². The summed E-state index contributed by atoms with van der Waals surface area (Å²) < 4.78 is 22.6. The molecule has 2 aromatic carbocycles. The topological polar surface area (TPSA) is 282 Å². The number of carbonyl (C=O) groups excluding carboxylic acids is 4. The van der Waals surface area contributed by atoms with E-state index < -0.39 is 68.2 Å². The molecule has 0 saturated heterocycles. The Hall–Kier alpha value is -4.87. The zero-order chi connectivity index (χ0) is 43.6. The molecule has 2 amide bonds. The Morgan fingerprint density at radius 1 is 0.983 bits per heavy atom. The number of hydrogen-bond donors (Lipinski definition) is 8. The highest BCUT2D eigenvalue weighted by atomic mass is 31.2. The molecule has 0 radical (unpaired) electrons. The number of nitrogens with two attached hydrogens (primary N) is 2. The average molecular weight is 850 g/mol. The molecule has 4 unspecified atom stereocenters. The van der Waals surface area contributed by atoms with Crippen molar-refractivity contribution in [2.24, 2.45) is 35.1 Å². The van der Waals surface area contributed by atoms with Crippen molar-refractivity contribution in [1.82, 2.24) is 25.6 Å². The van der Waals surface area contributed by atoms with Crippen LogP contribution in [-0.2, 0) is 36.4 Å². The van der Waals surface area contributed by atoms with Gasteiger partial charge >= 0.3 is 7.82 Å². The number of nitrogens with one attached hydrogen (secondary N) is 3. The summed E-state index contributed by atoms with van der Waals surface area (Å²) in [4.78, 5) is 84.2. The lowest BCUT2D eigenvalue weighted by Crippen LogP contribution is -2.55. The van der Waals surface area contributed by atoms with Gasteiger partial charge in [0.15, 0.2) is 11.6 Å². The van der Waals surface area contributed by atoms with Crippen molar-refractivity contribution in [3.63, 3.8) is 0 Å². The van der Waals surface area contributed by atoms with Crippen molar-refractivity contribution in [1.29, 1.82) is 0 Å². The Morgan fingerprint density at radius 3 is 2.37 bits per heavy atom. The summed E-state index contributed by atoms with van der Waals surface area (Å²) in [6, 6.07) is 11.0. The Bertz CT molecular complexity index is 2130. The van der Waals surface area contributed by atoms with Crippen molar-refractivity contribution < 1.29 is 47.9 Å². The number of fused-ring (bicyclic) bond motifs is 1. The number of aromatic nitrogens is 3. The first-order chi connectivity index (χ1) is 28.5. The Kier molecular flexibility index (Phi) is 16.2. The summed E-state index contributed by atoms with van der Waals surface area (Å²) in [5.41, 5.74) is 14.3. The summed E-state index contributed by atoms with van der Waals surface area (Å²) >= 11 is 0. The summed E-state index contributed by atoms with van der Waals surface area (Å²) in [5, 5.41) is 18.5. The van der Waals surface area contributed by atoms with Crippen LogP contribution in [0.4, 0.5) is 0 Å². The lowest BCUT2D eigenvalue weighted by molar-refractivity contribution is -0.134. The number of nitrogens with zero attached hydrogens (tertiary/aromatic N) is 2. The van der Waals surface area contributed by atoms with Crippen LogP contribution in [-0.4, -0.2) is 84.1 Å². The van der Waals surface area contributed by atoms with E-state index in [0.717, 1.165) is 42.9 Å². The van der Waals surface area contributed by atoms with Crippen molar-refractivity contribution in [2.75, 3.05) is 6.61 Å². The molecule has 2 heterocycles. The summed E-state index contributed by atoms with van der Waals surface area (Å²) in [7, 11) is -5.09. The van der Waals surface area contributed by atoms with Gasteiger partial charge in [0.2, 0.25) is 11.8 Å². The third-order valence-electron chi connectivity index (χ3n) is 11.1. The molecule has 324 valence electrons. The van der Waals surface area contributed by atoms with Crippen LogP contribution < -0.4 is 26.8 Å². The quantitative estimate of drug-likeness (QED) is 0.0437. The maximum absolute atomic E-state index is 13.9. The number of aromatic amines is 1. The van der Waals surface area contributed by atoms with Crippen LogP contribution in [0.3, 0.4) is 0 Å². The summed E-state index contributed by atoms with van der Waals surface area (Å²) in [5.74, 6) is -3.72. The number of H-pyrrole nitrogens is 1. The molecule has 0 spiro atoms. The average Bonchev–Trinajstić information content (AvgIpc) is 3.73. The molecule has 10 N–H and O–H groups in total. The summed E-state index contributed by atoms with van der Waals surface area (Å²) in [6.07, 6.45) is 7.43. The number of ketones is 2. The molecule has 18 heteroatoms. The largest absolute Gasteiger partial charge is 0.469 e. The molecule has 6 atom stereocenters. The minimum Gasteiger partial charge on any atom is -0.456 e. The van der Waals surface area contributed by atoms with Crippen LogP contribution in [0.5, 0.6) is 11.5 Å². The molecule has 5 rings (SSSR count). The smallest absolute Gasteiger partial charge is 0.456 e. The number of rotatable bonds is 21. The Morgan fingerprint density at radius 2 is 1.70 bits per heavy atom. The first-order valence-electron chi connectivity index (χ1n) is 20.2. The molecule has 17 nitrogen and oxygen atoms in total. The molecule has 4 aromatic rings. The third-order valence-corrected chi connectivity index (χ3v) is 11.6. The van der Waals surface area contributed by atoms with Crippen LogP contribution in [0, 0.1) is 23.7 Å². The van der Waals surface area contributed by atoms with Crippen LogP contribution in [0.15, 0.2) is 67.3 Å². The molecular weight excluding hydrogens is 793 g/mol. The number of phosphoric ester groups is 1. The second-order valence-electron chi connectivity index (χ2n) is 15.8. The molecule has 1 fully saturated rings. The van der Waals surface area contributed by atoms with E-state index in [1.165, 1.54) is 25.5 Å². The first-order valence-corrected chi connectivity index (χ1v) is 21.7. The predicted octanol–water partition coefficient (Wildman–Crippen LogP) is 3.85. The molecule has 0 aliphatic heterocycles. The lowest BCUT2D eigenvalue weighted by atomic mass is 9.71. The molecule has 0 bridgehead atoms. The van der Waals surface area contributed by atoms with Gasteiger partial charge in [-0.1, -0.05) is 69.5 Å². The fourth-order valence-corrected chi connectivity index (χ4v) is 8.15. The van der Waals surface area contributed by atoms with E-state index >= 15 is 0 Å². The van der Waals surface area contributed by atoms with Gasteiger partial charge in [-0.05, 0) is 49.5 Å². The second kappa shape index (κ2) is 21.1. The van der Waals surface area contributed by atoms with Crippen molar-refractivity contribution in [3.8, 4) is 11.5 Å². The van der Waals surface area contributed by atoms with E-state index in [0.29, 0.717) is 11.4 Å². The number of phosphoric acid groups is 1. The standard InChI is InChI=1S/C42H56N7O10P/c1-24(2)31(18-35(51)39(44)38(27-11-5-4-6-12-27)40(52)33(43)16-28-19-45-23-48-28)41(53)49-34(22-58-60(55,56)57)42(54)47-20-29-17-37(32(21-46-29)25(3)50)59-36-15-9-13-26-10-7-8-14-30(26)36/h7-10,13-15,17,19,21,23-24,27,31,33-35,38-39,51H,4-6,11-12,16,18,20,22,43-44H2,1-3H3,(H,45,48)(H,47,54)(H,49,53)(H2,55,56,57)/t31?,33-,34-,35?,38?,39?/m0/s1. The van der Waals surface area contributed by atoms with Gasteiger partial charge in [0, 0.05) is 53.8 Å². The van der Waals surface area contributed by atoms with Crippen molar-refractivity contribution in [3.05, 3.63) is 84.2 Å². The van der Waals surface area contributed by atoms with Gasteiger partial charge in [-0.2, -0.15) is 0 Å². The predicted molar refractivity (Wildman–Crippen MR) is 222 cm³/mol. The number of imidazole rings is 1. The van der Waals surface area contributed by atoms with Crippen LogP contribution >= 0.6 is 7.82 Å². The van der Waals surface area contributed by atoms with E-state index in [2.05, 4.69) is 30.1 Å². The van der Waals surface area contributed by atoms with Gasteiger partial charge in [-0.25, -0.2) is 9.55 Å². The van der Waals surface area contributed by atoms with E-state index in [4.69, 9.17) is 16.2 Å². The second-order valence-corrected chi connectivity index (χ2v) is 17.1. The van der Waals surface area contributed by atoms with Crippen LogP contribution in [0.25, 0.3) is 10.8 Å². The number of amides is 2. The fourth-order valence-electron chi connectivity index (χ4n) is 7.81. The molecule has 60 heavy (non-hydrogen) atoms. The maximum Gasteiger partial charge on any atom is 0.469 e. The van der Waals surface area contributed by atoms with Gasteiger partial charge < -0.3 is 46.7 Å². The minimum absolute atomic E-state index is 0.109. The fraction of sp³-hybridized carbons (Fsp3) is 0.476. The number of hydrogen-bond acceptors (Lipinski definition) is 12. The van der Waals surface area contributed by atoms with Crippen LogP contribution in [0.1, 0.15) is 81.0 Å². The SMILES string of the molecule is CC(=O)c1cnc(CNC(=O)[C@H](COP(=O)(O)O)NC(=O)C(CC(O)C(N)C(C(=O)[C@@H](N)Cc2cnc[nH]2)C2CCCCC2)C(C)C)cc1Oc1cccc2ccccc12. The number of benzene rings is 2. The molecule has 1 aliphatic carbocycles. The molecule has 1 saturated carbocycles. The van der Waals surface area contributed by atoms with Crippen molar-refractivity contribution in [2.45, 2.75) is 96.5 Å². The summed E-state index contributed by atoms with van der Waals surface area (Å²) in [6.45, 7) is 3.72. The number of pyridine rings is 1. The van der Waals surface area contributed by atoms with Gasteiger partial charge in [0.05, 0.1) is 42.9 Å². The van der Waals surface area contributed by atoms with Crippen LogP contribution in [0.2, 0.25) is 0 Å². The molecule has 1 aliphatic rings. The Balaban J connectivity index is 1.30. The van der Waals surface area contributed by atoms with Gasteiger partial charge in [-0.3, -0.25) is 28.7 Å². The number of aliphatic hydroxyl groups excluding tert-OH is 1. The number of carbonyl (C=O) groups is 4. The Labute approximate surface area is 348 Å². The first kappa shape index (κ1) is 46.2. The number of ether oxygens (including phenoxy) is 1. The highest BCUT2D eigenvalue weighted by Gasteiger charge is 2.41. The highest BCUT2D eigenvalue weighted by molar-refractivity contribution is 7.46. The normalized spacial score (nSPS) is 16.7. The molecule has 2 aromatic heterocycles. The third kappa shape index (κ3) is 12.6. The van der Waals surface area contributed by atoms with E-state index in [9.17, 15) is 38.6 Å². The zero-order valence-electron chi connectivity index (χ0n) is 34.0. The van der Waals surface area contributed by atoms with E-state index in [-0.39, 0.29) is 53.9 Å². The number of aliphatic hydroxyl groups is 1. The lowest BCUT2D eigenvalue weighted by Gasteiger charge is -2.37. The van der Waals surface area contributed by atoms with E-state index in [1.54, 1.807) is 26.1 Å². The maximum atomic E-state index is 13.9. The zero-order valence-corrected chi connectivity index (χ0v) is 34.9. The monoisotopic (exact) mass is 849 g/mol. The molecular formula is C42H56N7O10P. The van der Waals surface area contributed by atoms with Crippen molar-refractivity contribution >= 4 is 42.0 Å². The highest BCUT2D eigenvalue weighted by Crippen LogP contribution is 2.37. The van der Waals surface area contributed by atoms with E-state index in [1.807, 2.05) is 36.4 Å². The van der Waals surface area contributed by atoms with Gasteiger partial charge in [-0.15, -0.1) is 0 Å². The minimum atomic E-state index is -5.09. The van der Waals surface area contributed by atoms with Gasteiger partial charge in [0.1, 0.15) is 17.5 Å².